The molecule has 1 heterocycles. The molecule has 2 N–H and O–H groups in total. The Morgan fingerprint density at radius 2 is 2.27 bits per heavy atom. The van der Waals surface area contributed by atoms with Crippen molar-refractivity contribution in [1.82, 2.24) is 4.98 Å². The second-order valence-corrected chi connectivity index (χ2v) is 2.10. The van der Waals surface area contributed by atoms with Crippen molar-refractivity contribution >= 4 is 6.21 Å². The lowest BCUT2D eigenvalue weighted by Gasteiger charge is -1.96. The van der Waals surface area contributed by atoms with Gasteiger partial charge < -0.3 is 10.3 Å². The fourth-order valence-electron chi connectivity index (χ4n) is 0.719. The van der Waals surface area contributed by atoms with Gasteiger partial charge in [-0.05, 0) is 19.1 Å². The van der Waals surface area contributed by atoms with Gasteiger partial charge >= 0.3 is 0 Å². The second-order valence-electron chi connectivity index (χ2n) is 2.10. The topological polar surface area (TPSA) is 65.7 Å². The lowest BCUT2D eigenvalue weighted by molar-refractivity contribution is 0.321. The fourth-order valence-corrected chi connectivity index (χ4v) is 0.719. The molecule has 0 bridgehead atoms. The van der Waals surface area contributed by atoms with Crippen molar-refractivity contribution in [3.8, 4) is 5.75 Å². The van der Waals surface area contributed by atoms with E-state index in [4.69, 9.17) is 10.3 Å². The van der Waals surface area contributed by atoms with Gasteiger partial charge in [-0.1, -0.05) is 5.16 Å². The summed E-state index contributed by atoms with van der Waals surface area (Å²) in [6.45, 7) is 1.79. The SMILES string of the molecule is Cc1ccc(O)c(/C=N\O)n1. The van der Waals surface area contributed by atoms with Gasteiger partial charge in [-0.3, -0.25) is 0 Å². The average molecular weight is 152 g/mol. The van der Waals surface area contributed by atoms with E-state index >= 15 is 0 Å². The standard InChI is InChI=1S/C7H8N2O2/c1-5-2-3-7(10)6(9-5)4-8-11/h2-4,10-11H,1H3/b8-4-. The van der Waals surface area contributed by atoms with E-state index in [9.17, 15) is 0 Å². The summed E-state index contributed by atoms with van der Waals surface area (Å²) in [5, 5.41) is 20.0. The summed E-state index contributed by atoms with van der Waals surface area (Å²) in [4.78, 5) is 3.90. The molecule has 0 aliphatic rings. The zero-order valence-electron chi connectivity index (χ0n) is 6.02. The number of rotatable bonds is 1. The van der Waals surface area contributed by atoms with Gasteiger partial charge in [0.2, 0.25) is 0 Å². The van der Waals surface area contributed by atoms with Crippen molar-refractivity contribution in [2.45, 2.75) is 6.92 Å². The first kappa shape index (κ1) is 7.53. The summed E-state index contributed by atoms with van der Waals surface area (Å²) in [6, 6.07) is 3.17. The van der Waals surface area contributed by atoms with Gasteiger partial charge in [-0.2, -0.15) is 0 Å². The molecule has 0 radical (unpaired) electrons. The quantitative estimate of drug-likeness (QED) is 0.357. The Morgan fingerprint density at radius 1 is 1.55 bits per heavy atom. The van der Waals surface area contributed by atoms with Crippen LogP contribution in [0.1, 0.15) is 11.4 Å². The van der Waals surface area contributed by atoms with Gasteiger partial charge in [0, 0.05) is 5.69 Å². The molecule has 4 heteroatoms. The maximum atomic E-state index is 9.10. The summed E-state index contributed by atoms with van der Waals surface area (Å²) in [5.74, 6) is 0.00778. The first-order chi connectivity index (χ1) is 5.24. The van der Waals surface area contributed by atoms with Crippen molar-refractivity contribution in [2.24, 2.45) is 5.16 Å². The van der Waals surface area contributed by atoms with E-state index in [0.29, 0.717) is 0 Å². The minimum Gasteiger partial charge on any atom is -0.506 e. The van der Waals surface area contributed by atoms with E-state index in [1.54, 1.807) is 13.0 Å². The Bertz CT molecular complexity index is 284. The molecular weight excluding hydrogens is 144 g/mol. The van der Waals surface area contributed by atoms with Crippen LogP contribution < -0.4 is 0 Å². The highest BCUT2D eigenvalue weighted by atomic mass is 16.4. The maximum Gasteiger partial charge on any atom is 0.142 e. The number of aryl methyl sites for hydroxylation is 1. The highest BCUT2D eigenvalue weighted by Gasteiger charge is 1.98. The lowest BCUT2D eigenvalue weighted by Crippen LogP contribution is -1.90. The van der Waals surface area contributed by atoms with Crippen molar-refractivity contribution in [3.05, 3.63) is 23.5 Å². The van der Waals surface area contributed by atoms with Crippen LogP contribution in [-0.4, -0.2) is 21.5 Å². The van der Waals surface area contributed by atoms with Crippen LogP contribution in [0, 0.1) is 6.92 Å². The third kappa shape index (κ3) is 1.67. The number of aromatic hydroxyl groups is 1. The first-order valence-electron chi connectivity index (χ1n) is 3.08. The molecule has 1 aromatic heterocycles. The van der Waals surface area contributed by atoms with Gasteiger partial charge in [0.15, 0.2) is 0 Å². The van der Waals surface area contributed by atoms with Crippen LogP contribution in [0.2, 0.25) is 0 Å². The monoisotopic (exact) mass is 152 g/mol. The molecule has 0 saturated heterocycles. The van der Waals surface area contributed by atoms with Gasteiger partial charge in [-0.25, -0.2) is 4.98 Å². The van der Waals surface area contributed by atoms with Crippen molar-refractivity contribution in [1.29, 1.82) is 0 Å². The fraction of sp³-hybridized carbons (Fsp3) is 0.143. The van der Waals surface area contributed by atoms with Gasteiger partial charge in [-0.15, -0.1) is 0 Å². The Balaban J connectivity index is 3.12. The highest BCUT2D eigenvalue weighted by Crippen LogP contribution is 2.11. The average Bonchev–Trinajstić information content (AvgIpc) is 1.98. The third-order valence-electron chi connectivity index (χ3n) is 1.22. The lowest BCUT2D eigenvalue weighted by atomic mass is 10.3. The highest BCUT2D eigenvalue weighted by molar-refractivity contribution is 5.80. The number of hydrogen-bond donors (Lipinski definition) is 2. The Kier molecular flexibility index (Phi) is 2.06. The van der Waals surface area contributed by atoms with E-state index in [1.807, 2.05) is 0 Å². The van der Waals surface area contributed by atoms with Gasteiger partial charge in [0.05, 0.1) is 6.21 Å². The summed E-state index contributed by atoms with van der Waals surface area (Å²) >= 11 is 0. The molecule has 11 heavy (non-hydrogen) atoms. The van der Waals surface area contributed by atoms with Gasteiger partial charge in [0.25, 0.3) is 0 Å². The Hall–Kier alpha value is -1.58. The number of nitrogens with zero attached hydrogens (tertiary/aromatic N) is 2. The number of aromatic nitrogens is 1. The van der Waals surface area contributed by atoms with Crippen LogP contribution in [0.5, 0.6) is 5.75 Å². The Morgan fingerprint density at radius 3 is 2.91 bits per heavy atom. The molecule has 0 fully saturated rings. The predicted molar refractivity (Wildman–Crippen MR) is 40.0 cm³/mol. The van der Waals surface area contributed by atoms with Crippen molar-refractivity contribution < 1.29 is 10.3 Å². The molecule has 0 spiro atoms. The summed E-state index contributed by atoms with van der Waals surface area (Å²) in [5.41, 5.74) is 1.03. The molecule has 0 aliphatic heterocycles. The van der Waals surface area contributed by atoms with Crippen LogP contribution in [0.3, 0.4) is 0 Å². The Labute approximate surface area is 63.8 Å². The van der Waals surface area contributed by atoms with Crippen LogP contribution in [0.15, 0.2) is 17.3 Å². The van der Waals surface area contributed by atoms with Crippen molar-refractivity contribution in [2.75, 3.05) is 0 Å². The van der Waals surface area contributed by atoms with E-state index in [-0.39, 0.29) is 11.4 Å². The molecule has 0 unspecified atom stereocenters. The largest absolute Gasteiger partial charge is 0.506 e. The van der Waals surface area contributed by atoms with Crippen LogP contribution in [0.25, 0.3) is 0 Å². The zero-order valence-corrected chi connectivity index (χ0v) is 6.02. The molecule has 0 aliphatic carbocycles. The molecule has 0 amide bonds. The minimum absolute atomic E-state index is 0.00778. The molecule has 1 rings (SSSR count). The number of hydrogen-bond acceptors (Lipinski definition) is 4. The molecule has 0 atom stereocenters. The normalized spacial score (nSPS) is 10.6. The molecule has 4 nitrogen and oxygen atoms in total. The van der Waals surface area contributed by atoms with E-state index in [0.717, 1.165) is 11.9 Å². The second kappa shape index (κ2) is 3.01. The summed E-state index contributed by atoms with van der Waals surface area (Å²) < 4.78 is 0. The summed E-state index contributed by atoms with van der Waals surface area (Å²) in [6.07, 6.45) is 1.09. The number of oxime groups is 1. The van der Waals surface area contributed by atoms with Gasteiger partial charge in [0.1, 0.15) is 11.4 Å². The molecule has 0 saturated carbocycles. The molecule has 1 aromatic rings. The maximum absolute atomic E-state index is 9.10. The minimum atomic E-state index is 0.00778. The molecular formula is C7H8N2O2. The first-order valence-corrected chi connectivity index (χ1v) is 3.08. The van der Waals surface area contributed by atoms with Crippen LogP contribution in [-0.2, 0) is 0 Å². The van der Waals surface area contributed by atoms with Crippen LogP contribution in [0.4, 0.5) is 0 Å². The molecule has 0 aromatic carbocycles. The van der Waals surface area contributed by atoms with Crippen LogP contribution >= 0.6 is 0 Å². The third-order valence-corrected chi connectivity index (χ3v) is 1.22. The molecule has 58 valence electrons. The zero-order chi connectivity index (χ0) is 8.27. The van der Waals surface area contributed by atoms with E-state index in [2.05, 4.69) is 10.1 Å². The van der Waals surface area contributed by atoms with E-state index in [1.165, 1.54) is 6.07 Å². The van der Waals surface area contributed by atoms with Crippen molar-refractivity contribution in [3.63, 3.8) is 0 Å². The smallest absolute Gasteiger partial charge is 0.142 e. The number of pyridine rings is 1. The van der Waals surface area contributed by atoms with E-state index < -0.39 is 0 Å². The predicted octanol–water partition coefficient (Wildman–Crippen LogP) is 0.904. The summed E-state index contributed by atoms with van der Waals surface area (Å²) in [7, 11) is 0.